The van der Waals surface area contributed by atoms with Gasteiger partial charge in [0.05, 0.1) is 5.69 Å². The molecule has 31 heavy (non-hydrogen) atoms. The molecule has 162 valence electrons. The summed E-state index contributed by atoms with van der Waals surface area (Å²) in [6, 6.07) is 10.2. The van der Waals surface area contributed by atoms with Crippen LogP contribution in [-0.4, -0.2) is 26.9 Å². The van der Waals surface area contributed by atoms with Crippen LogP contribution in [0, 0.1) is 19.7 Å². The Kier molecular flexibility index (Phi) is 6.50. The number of para-hydroxylation sites is 1. The van der Waals surface area contributed by atoms with Crippen LogP contribution in [0.1, 0.15) is 54.0 Å². The fourth-order valence-electron chi connectivity index (χ4n) is 3.42. The molecular weight excluding hydrogens is 415 g/mol. The number of aryl methyl sites for hydroxylation is 2. The molecule has 1 aromatic heterocycles. The molecule has 0 fully saturated rings. The number of carbonyl (C=O) groups is 2. The smallest absolute Gasteiger partial charge is 0.280 e. The highest BCUT2D eigenvalue weighted by Gasteiger charge is 2.37. The third kappa shape index (κ3) is 5.14. The first-order chi connectivity index (χ1) is 14.6. The average Bonchev–Trinajstić information content (AvgIpc) is 3.21. The lowest BCUT2D eigenvalue weighted by Gasteiger charge is -2.35. The maximum Gasteiger partial charge on any atom is 0.280 e. The Morgan fingerprint density at radius 2 is 1.68 bits per heavy atom. The molecule has 1 atom stereocenters. The molecule has 2 amide bonds. The topological polar surface area (TPSA) is 75.2 Å². The highest BCUT2D eigenvalue weighted by atomic mass is 32.1. The van der Waals surface area contributed by atoms with Gasteiger partial charge < -0.3 is 5.32 Å². The van der Waals surface area contributed by atoms with Gasteiger partial charge in [0.2, 0.25) is 5.91 Å². The first-order valence-corrected chi connectivity index (χ1v) is 10.7. The monoisotopic (exact) mass is 440 g/mol. The van der Waals surface area contributed by atoms with Crippen LogP contribution in [0.3, 0.4) is 0 Å². The van der Waals surface area contributed by atoms with Gasteiger partial charge in [-0.05, 0) is 75.0 Å². The number of amides is 2. The molecule has 0 saturated heterocycles. The number of nitrogens with zero attached hydrogens (tertiary/aromatic N) is 3. The van der Waals surface area contributed by atoms with Crippen molar-refractivity contribution in [2.75, 3.05) is 4.90 Å². The number of aromatic nitrogens is 2. The molecule has 0 bridgehead atoms. The highest BCUT2D eigenvalue weighted by molar-refractivity contribution is 7.03. The number of carbonyl (C=O) groups excluding carboxylic acids is 2. The van der Waals surface area contributed by atoms with Gasteiger partial charge in [-0.15, -0.1) is 5.10 Å². The molecular formula is C23H25FN4O2S. The van der Waals surface area contributed by atoms with E-state index in [9.17, 15) is 14.0 Å². The van der Waals surface area contributed by atoms with Crippen LogP contribution in [0.25, 0.3) is 0 Å². The van der Waals surface area contributed by atoms with Gasteiger partial charge in [-0.2, -0.15) is 0 Å². The van der Waals surface area contributed by atoms with Crippen molar-refractivity contribution < 1.29 is 14.0 Å². The van der Waals surface area contributed by atoms with E-state index >= 15 is 0 Å². The van der Waals surface area contributed by atoms with Gasteiger partial charge in [-0.3, -0.25) is 14.5 Å². The summed E-state index contributed by atoms with van der Waals surface area (Å²) in [6.45, 7) is 9.35. The molecule has 0 aliphatic carbocycles. The van der Waals surface area contributed by atoms with E-state index in [1.807, 2.05) is 52.8 Å². The lowest BCUT2D eigenvalue weighted by molar-refractivity contribution is -0.123. The third-order valence-corrected chi connectivity index (χ3v) is 5.17. The summed E-state index contributed by atoms with van der Waals surface area (Å²) in [5.41, 5.74) is 2.36. The molecule has 0 saturated carbocycles. The number of benzene rings is 2. The van der Waals surface area contributed by atoms with Gasteiger partial charge in [0.1, 0.15) is 11.9 Å². The van der Waals surface area contributed by atoms with Crippen molar-refractivity contribution in [3.8, 4) is 0 Å². The van der Waals surface area contributed by atoms with Crippen molar-refractivity contribution >= 4 is 29.0 Å². The normalized spacial score (nSPS) is 12.3. The lowest BCUT2D eigenvalue weighted by Crippen LogP contribution is -2.50. The number of anilines is 1. The van der Waals surface area contributed by atoms with E-state index in [2.05, 4.69) is 14.9 Å². The zero-order chi connectivity index (χ0) is 22.8. The van der Waals surface area contributed by atoms with Crippen molar-refractivity contribution in [3.63, 3.8) is 0 Å². The van der Waals surface area contributed by atoms with Gasteiger partial charge in [-0.1, -0.05) is 34.8 Å². The maximum absolute atomic E-state index is 13.7. The third-order valence-electron chi connectivity index (χ3n) is 4.67. The van der Waals surface area contributed by atoms with Gasteiger partial charge in [0.25, 0.3) is 5.91 Å². The Labute approximate surface area is 185 Å². The molecule has 1 N–H and O–H groups in total. The fraction of sp³-hybridized carbons (Fsp3) is 0.304. The Morgan fingerprint density at radius 3 is 2.19 bits per heavy atom. The Morgan fingerprint density at radius 1 is 1.06 bits per heavy atom. The second-order valence-corrected chi connectivity index (χ2v) is 9.01. The molecule has 2 aromatic carbocycles. The number of rotatable bonds is 5. The average molecular weight is 441 g/mol. The number of nitrogens with one attached hydrogen (secondary N) is 1. The number of halogens is 1. The van der Waals surface area contributed by atoms with E-state index in [1.54, 1.807) is 5.38 Å². The molecule has 3 aromatic rings. The summed E-state index contributed by atoms with van der Waals surface area (Å²) in [4.78, 5) is 28.6. The summed E-state index contributed by atoms with van der Waals surface area (Å²) in [5.74, 6) is -1.25. The molecule has 0 aliphatic rings. The SMILES string of the molecule is Cc1cccc(C)c1N(C(=O)c1csnn1)[C@H](C(=O)NC(C)(C)C)c1ccc(F)cc1. The second kappa shape index (κ2) is 8.93. The van der Waals surface area contributed by atoms with Crippen LogP contribution in [0.15, 0.2) is 47.8 Å². The zero-order valence-corrected chi connectivity index (χ0v) is 19.0. The van der Waals surface area contributed by atoms with E-state index in [1.165, 1.54) is 29.2 Å². The van der Waals surface area contributed by atoms with Crippen LogP contribution in [0.2, 0.25) is 0 Å². The predicted octanol–water partition coefficient (Wildman–Crippen LogP) is 4.60. The largest absolute Gasteiger partial charge is 0.349 e. The van der Waals surface area contributed by atoms with Gasteiger partial charge in [-0.25, -0.2) is 4.39 Å². The second-order valence-electron chi connectivity index (χ2n) is 8.40. The van der Waals surface area contributed by atoms with E-state index in [0.29, 0.717) is 11.3 Å². The van der Waals surface area contributed by atoms with E-state index in [-0.39, 0.29) is 11.6 Å². The van der Waals surface area contributed by atoms with Crippen molar-refractivity contribution in [1.82, 2.24) is 14.9 Å². The van der Waals surface area contributed by atoms with Crippen molar-refractivity contribution in [3.05, 3.63) is 76.0 Å². The lowest BCUT2D eigenvalue weighted by atomic mass is 9.98. The molecule has 0 aliphatic heterocycles. The van der Waals surface area contributed by atoms with Gasteiger partial charge in [0, 0.05) is 10.9 Å². The summed E-state index contributed by atoms with van der Waals surface area (Å²) in [6.07, 6.45) is 0. The molecule has 8 heteroatoms. The highest BCUT2D eigenvalue weighted by Crippen LogP contribution is 2.34. The van der Waals surface area contributed by atoms with Crippen LogP contribution in [0.5, 0.6) is 0 Å². The minimum absolute atomic E-state index is 0.142. The molecule has 1 heterocycles. The van der Waals surface area contributed by atoms with E-state index in [4.69, 9.17) is 0 Å². The van der Waals surface area contributed by atoms with Crippen LogP contribution >= 0.6 is 11.5 Å². The summed E-state index contributed by atoms with van der Waals surface area (Å²) in [5, 5.41) is 8.44. The Hall–Kier alpha value is -3.13. The quantitative estimate of drug-likeness (QED) is 0.629. The summed E-state index contributed by atoms with van der Waals surface area (Å²) >= 11 is 1.06. The molecule has 0 unspecified atom stereocenters. The van der Waals surface area contributed by atoms with Crippen molar-refractivity contribution in [2.24, 2.45) is 0 Å². The van der Waals surface area contributed by atoms with Gasteiger partial charge in [0.15, 0.2) is 5.69 Å². The van der Waals surface area contributed by atoms with Crippen molar-refractivity contribution in [1.29, 1.82) is 0 Å². The van der Waals surface area contributed by atoms with E-state index in [0.717, 1.165) is 22.7 Å². The first-order valence-electron chi connectivity index (χ1n) is 9.83. The molecule has 0 radical (unpaired) electrons. The Bertz CT molecular complexity index is 1060. The summed E-state index contributed by atoms with van der Waals surface area (Å²) in [7, 11) is 0. The van der Waals surface area contributed by atoms with Crippen LogP contribution < -0.4 is 10.2 Å². The summed E-state index contributed by atoms with van der Waals surface area (Å²) < 4.78 is 17.5. The predicted molar refractivity (Wildman–Crippen MR) is 120 cm³/mol. The maximum atomic E-state index is 13.7. The fourth-order valence-corrected chi connectivity index (χ4v) is 3.85. The molecule has 6 nitrogen and oxygen atoms in total. The van der Waals surface area contributed by atoms with Gasteiger partial charge >= 0.3 is 0 Å². The first kappa shape index (κ1) is 22.6. The molecule has 0 spiro atoms. The van der Waals surface area contributed by atoms with E-state index < -0.39 is 23.3 Å². The zero-order valence-electron chi connectivity index (χ0n) is 18.1. The number of hydrogen-bond acceptors (Lipinski definition) is 5. The minimum Gasteiger partial charge on any atom is -0.349 e. The van der Waals surface area contributed by atoms with Crippen molar-refractivity contribution in [2.45, 2.75) is 46.2 Å². The molecule has 3 rings (SSSR count). The number of hydrogen-bond donors (Lipinski definition) is 1. The van der Waals surface area contributed by atoms with Crippen LogP contribution in [0.4, 0.5) is 10.1 Å². The minimum atomic E-state index is -1.03. The standard InChI is InChI=1S/C23H25FN4O2S/c1-14-7-6-8-15(2)19(14)28(22(30)18-13-31-27-26-18)20(21(29)25-23(3,4)5)16-9-11-17(24)12-10-16/h6-13,20H,1-5H3,(H,25,29)/t20-/m0/s1. The van der Waals surface area contributed by atoms with Crippen LogP contribution in [-0.2, 0) is 4.79 Å². The Balaban J connectivity index is 2.25.